The van der Waals surface area contributed by atoms with Crippen molar-refractivity contribution in [2.75, 3.05) is 20.2 Å². The van der Waals surface area contributed by atoms with E-state index in [2.05, 4.69) is 22.1 Å². The third kappa shape index (κ3) is 5.43. The number of oxazole rings is 1. The van der Waals surface area contributed by atoms with Crippen molar-refractivity contribution in [1.29, 1.82) is 0 Å². The molecule has 1 amide bonds. The molecule has 3 heterocycles. The maximum absolute atomic E-state index is 13.4. The van der Waals surface area contributed by atoms with Crippen molar-refractivity contribution >= 4 is 5.91 Å². The molecule has 0 aliphatic carbocycles. The number of hydrogen-bond acceptors (Lipinski definition) is 5. The zero-order chi connectivity index (χ0) is 24.0. The molecule has 0 radical (unpaired) electrons. The standard InChI is InChI=1S/C29H29N3O3/c1-34-27-12-6-5-10-22(27)17-25-18-23(13-14-30-25)29(33)32-15-7-11-24(20-32)28-31-19-26(35-28)16-21-8-3-2-4-9-21/h2-6,8-10,12-14,18-19,24H,7,11,15-17,20H2,1H3. The number of methoxy groups -OCH3 is 1. The van der Waals surface area contributed by atoms with E-state index in [4.69, 9.17) is 9.15 Å². The first-order valence-electron chi connectivity index (χ1n) is 12.0. The van der Waals surface area contributed by atoms with E-state index < -0.39 is 0 Å². The van der Waals surface area contributed by atoms with Crippen molar-refractivity contribution in [3.63, 3.8) is 0 Å². The molecule has 0 N–H and O–H groups in total. The summed E-state index contributed by atoms with van der Waals surface area (Å²) in [4.78, 5) is 24.3. The van der Waals surface area contributed by atoms with Crippen LogP contribution in [0.2, 0.25) is 0 Å². The number of benzene rings is 2. The summed E-state index contributed by atoms with van der Waals surface area (Å²) >= 11 is 0. The number of rotatable bonds is 7. The fourth-order valence-corrected chi connectivity index (χ4v) is 4.69. The molecule has 1 aliphatic rings. The van der Waals surface area contributed by atoms with E-state index in [0.717, 1.165) is 54.5 Å². The Balaban J connectivity index is 1.26. The summed E-state index contributed by atoms with van der Waals surface area (Å²) in [5.74, 6) is 2.52. The molecule has 2 aromatic heterocycles. The fraction of sp³-hybridized carbons (Fsp3) is 0.276. The van der Waals surface area contributed by atoms with E-state index in [1.54, 1.807) is 19.4 Å². The smallest absolute Gasteiger partial charge is 0.253 e. The second-order valence-corrected chi connectivity index (χ2v) is 8.94. The molecule has 0 bridgehead atoms. The van der Waals surface area contributed by atoms with Crippen LogP contribution in [-0.2, 0) is 12.8 Å². The van der Waals surface area contributed by atoms with Crippen molar-refractivity contribution < 1.29 is 13.9 Å². The van der Waals surface area contributed by atoms with Gasteiger partial charge in [-0.2, -0.15) is 0 Å². The Morgan fingerprint density at radius 3 is 2.74 bits per heavy atom. The Bertz CT molecular complexity index is 1290. The predicted octanol–water partition coefficient (Wildman–Crippen LogP) is 5.28. The van der Waals surface area contributed by atoms with Crippen LogP contribution < -0.4 is 4.74 Å². The SMILES string of the molecule is COc1ccccc1Cc1cc(C(=O)N2CCCC(c3ncc(Cc4ccccc4)o3)C2)ccn1. The van der Waals surface area contributed by atoms with Crippen molar-refractivity contribution in [3.8, 4) is 5.75 Å². The van der Waals surface area contributed by atoms with Gasteiger partial charge in [0.25, 0.3) is 5.91 Å². The highest BCUT2D eigenvalue weighted by molar-refractivity contribution is 5.94. The second-order valence-electron chi connectivity index (χ2n) is 8.94. The third-order valence-corrected chi connectivity index (χ3v) is 6.48. The average Bonchev–Trinajstić information content (AvgIpc) is 3.38. The minimum absolute atomic E-state index is 0.0226. The van der Waals surface area contributed by atoms with Crippen molar-refractivity contribution in [2.45, 2.75) is 31.6 Å². The normalized spacial score (nSPS) is 15.7. The molecule has 178 valence electrons. The molecule has 5 rings (SSSR count). The molecule has 1 saturated heterocycles. The number of piperidine rings is 1. The van der Waals surface area contributed by atoms with Gasteiger partial charge in [-0.15, -0.1) is 0 Å². The summed E-state index contributed by atoms with van der Waals surface area (Å²) in [6.45, 7) is 1.34. The summed E-state index contributed by atoms with van der Waals surface area (Å²) in [5.41, 5.74) is 3.73. The van der Waals surface area contributed by atoms with E-state index in [-0.39, 0.29) is 11.8 Å². The summed E-state index contributed by atoms with van der Waals surface area (Å²) in [6, 6.07) is 21.8. The van der Waals surface area contributed by atoms with E-state index >= 15 is 0 Å². The molecular formula is C29H29N3O3. The number of nitrogens with zero attached hydrogens (tertiary/aromatic N) is 3. The number of carbonyl (C=O) groups excluding carboxylic acids is 1. The lowest BCUT2D eigenvalue weighted by atomic mass is 9.97. The largest absolute Gasteiger partial charge is 0.496 e. The van der Waals surface area contributed by atoms with Gasteiger partial charge in [-0.1, -0.05) is 48.5 Å². The van der Waals surface area contributed by atoms with E-state index in [1.165, 1.54) is 5.56 Å². The first kappa shape index (κ1) is 22.8. The topological polar surface area (TPSA) is 68.5 Å². The van der Waals surface area contributed by atoms with Gasteiger partial charge < -0.3 is 14.1 Å². The van der Waals surface area contributed by atoms with Crippen LogP contribution in [0.1, 0.15) is 57.6 Å². The average molecular weight is 468 g/mol. The van der Waals surface area contributed by atoms with Gasteiger partial charge in [-0.25, -0.2) is 4.98 Å². The fourth-order valence-electron chi connectivity index (χ4n) is 4.69. The number of para-hydroxylation sites is 1. The summed E-state index contributed by atoms with van der Waals surface area (Å²) < 4.78 is 11.6. The lowest BCUT2D eigenvalue weighted by Gasteiger charge is -2.31. The van der Waals surface area contributed by atoms with Gasteiger partial charge in [-0.05, 0) is 36.6 Å². The van der Waals surface area contributed by atoms with Crippen LogP contribution in [0.3, 0.4) is 0 Å². The van der Waals surface area contributed by atoms with Gasteiger partial charge in [0.05, 0.1) is 19.2 Å². The van der Waals surface area contributed by atoms with Crippen LogP contribution >= 0.6 is 0 Å². The molecule has 1 aliphatic heterocycles. The van der Waals surface area contributed by atoms with Crippen LogP contribution in [0.4, 0.5) is 0 Å². The molecule has 35 heavy (non-hydrogen) atoms. The van der Waals surface area contributed by atoms with Gasteiger partial charge in [0, 0.05) is 48.9 Å². The molecule has 1 fully saturated rings. The first-order valence-corrected chi connectivity index (χ1v) is 12.0. The van der Waals surface area contributed by atoms with Crippen molar-refractivity contribution in [3.05, 3.63) is 113 Å². The molecule has 2 aromatic carbocycles. The zero-order valence-corrected chi connectivity index (χ0v) is 19.9. The van der Waals surface area contributed by atoms with Crippen molar-refractivity contribution in [1.82, 2.24) is 14.9 Å². The Morgan fingerprint density at radius 1 is 1.06 bits per heavy atom. The van der Waals surface area contributed by atoms with Crippen LogP contribution in [0.5, 0.6) is 5.75 Å². The van der Waals surface area contributed by atoms with Crippen LogP contribution in [0.25, 0.3) is 0 Å². The van der Waals surface area contributed by atoms with Crippen molar-refractivity contribution in [2.24, 2.45) is 0 Å². The number of amides is 1. The van der Waals surface area contributed by atoms with Gasteiger partial charge in [0.1, 0.15) is 11.5 Å². The van der Waals surface area contributed by atoms with Gasteiger partial charge >= 0.3 is 0 Å². The molecule has 0 spiro atoms. The number of pyridine rings is 1. The Hall–Kier alpha value is -3.93. The summed E-state index contributed by atoms with van der Waals surface area (Å²) in [7, 11) is 1.66. The third-order valence-electron chi connectivity index (χ3n) is 6.48. The number of hydrogen-bond donors (Lipinski definition) is 0. The number of likely N-dealkylation sites (tertiary alicyclic amines) is 1. The van der Waals surface area contributed by atoms with Crippen LogP contribution in [0, 0.1) is 0 Å². The predicted molar refractivity (Wildman–Crippen MR) is 134 cm³/mol. The number of aromatic nitrogens is 2. The monoisotopic (exact) mass is 467 g/mol. The van der Waals surface area contributed by atoms with Crippen LogP contribution in [-0.4, -0.2) is 41.0 Å². The highest BCUT2D eigenvalue weighted by atomic mass is 16.5. The molecule has 1 unspecified atom stereocenters. The molecular weight excluding hydrogens is 438 g/mol. The van der Waals surface area contributed by atoms with E-state index in [1.807, 2.05) is 59.6 Å². The van der Waals surface area contributed by atoms with E-state index in [9.17, 15) is 4.79 Å². The number of carbonyl (C=O) groups is 1. The van der Waals surface area contributed by atoms with Gasteiger partial charge in [-0.3, -0.25) is 9.78 Å². The second kappa shape index (κ2) is 10.6. The molecule has 0 saturated carbocycles. The highest BCUT2D eigenvalue weighted by Crippen LogP contribution is 2.28. The Kier molecular flexibility index (Phi) is 6.89. The molecule has 4 aromatic rings. The lowest BCUT2D eigenvalue weighted by Crippen LogP contribution is -2.39. The summed E-state index contributed by atoms with van der Waals surface area (Å²) in [5, 5.41) is 0. The van der Waals surface area contributed by atoms with Gasteiger partial charge in [0.2, 0.25) is 0 Å². The first-order chi connectivity index (χ1) is 17.2. The zero-order valence-electron chi connectivity index (χ0n) is 19.9. The minimum atomic E-state index is 0.0226. The van der Waals surface area contributed by atoms with Gasteiger partial charge in [0.15, 0.2) is 5.89 Å². The molecule has 1 atom stereocenters. The Morgan fingerprint density at radius 2 is 1.89 bits per heavy atom. The van der Waals surface area contributed by atoms with E-state index in [0.29, 0.717) is 18.5 Å². The molecule has 6 heteroatoms. The minimum Gasteiger partial charge on any atom is -0.496 e. The maximum Gasteiger partial charge on any atom is 0.253 e. The maximum atomic E-state index is 13.4. The Labute approximate surface area is 205 Å². The summed E-state index contributed by atoms with van der Waals surface area (Å²) in [6.07, 6.45) is 6.74. The molecule has 6 nitrogen and oxygen atoms in total. The number of ether oxygens (including phenoxy) is 1. The van der Waals surface area contributed by atoms with Crippen LogP contribution in [0.15, 0.2) is 83.5 Å². The quantitative estimate of drug-likeness (QED) is 0.370. The lowest BCUT2D eigenvalue weighted by molar-refractivity contribution is 0.0697. The highest BCUT2D eigenvalue weighted by Gasteiger charge is 2.28.